The SMILES string of the molecule is Cc1ccc(Cn2nc(C)c(/C=C/C(=O)OCCCn3cnc4c(N)ncnc43)c2Cl)cc1. The molecule has 0 saturated heterocycles. The van der Waals surface area contributed by atoms with Gasteiger partial charge < -0.3 is 15.0 Å². The summed E-state index contributed by atoms with van der Waals surface area (Å²) in [5, 5.41) is 4.97. The van der Waals surface area contributed by atoms with Crippen LogP contribution in [0.3, 0.4) is 0 Å². The molecule has 4 aromatic rings. The average Bonchev–Trinajstić information content (AvgIpc) is 3.33. The maximum Gasteiger partial charge on any atom is 0.330 e. The largest absolute Gasteiger partial charge is 0.462 e. The van der Waals surface area contributed by atoms with Crippen LogP contribution in [0.4, 0.5) is 5.82 Å². The van der Waals surface area contributed by atoms with Gasteiger partial charge in [0.15, 0.2) is 11.5 Å². The van der Waals surface area contributed by atoms with E-state index >= 15 is 0 Å². The average molecular weight is 466 g/mol. The molecule has 0 amide bonds. The number of hydrogen-bond donors (Lipinski definition) is 1. The van der Waals surface area contributed by atoms with E-state index in [-0.39, 0.29) is 6.61 Å². The molecule has 0 radical (unpaired) electrons. The summed E-state index contributed by atoms with van der Waals surface area (Å²) in [5.41, 5.74) is 10.7. The van der Waals surface area contributed by atoms with Crippen molar-refractivity contribution in [3.63, 3.8) is 0 Å². The predicted octanol–water partition coefficient (Wildman–Crippen LogP) is 3.57. The highest BCUT2D eigenvalue weighted by Crippen LogP contribution is 2.22. The minimum atomic E-state index is -0.446. The van der Waals surface area contributed by atoms with E-state index in [2.05, 4.69) is 32.2 Å². The molecule has 3 aromatic heterocycles. The Balaban J connectivity index is 1.30. The van der Waals surface area contributed by atoms with Gasteiger partial charge in [0.1, 0.15) is 17.0 Å². The molecule has 4 rings (SSSR count). The lowest BCUT2D eigenvalue weighted by Gasteiger charge is -2.05. The van der Waals surface area contributed by atoms with Gasteiger partial charge in [-0.25, -0.2) is 24.4 Å². The summed E-state index contributed by atoms with van der Waals surface area (Å²) in [4.78, 5) is 24.5. The summed E-state index contributed by atoms with van der Waals surface area (Å²) >= 11 is 6.51. The zero-order valence-corrected chi connectivity index (χ0v) is 19.2. The van der Waals surface area contributed by atoms with Gasteiger partial charge in [0.05, 0.1) is 25.2 Å². The van der Waals surface area contributed by atoms with Crippen molar-refractivity contribution in [2.75, 3.05) is 12.3 Å². The number of fused-ring (bicyclic) bond motifs is 1. The summed E-state index contributed by atoms with van der Waals surface area (Å²) in [6.07, 6.45) is 6.66. The highest BCUT2D eigenvalue weighted by atomic mass is 35.5. The first-order valence-corrected chi connectivity index (χ1v) is 10.8. The van der Waals surface area contributed by atoms with Crippen LogP contribution in [-0.2, 0) is 22.6 Å². The van der Waals surface area contributed by atoms with E-state index in [4.69, 9.17) is 22.1 Å². The van der Waals surface area contributed by atoms with Crippen molar-refractivity contribution in [3.05, 3.63) is 70.5 Å². The molecule has 33 heavy (non-hydrogen) atoms. The number of carbonyl (C=O) groups excluding carboxylic acids is 1. The second-order valence-corrected chi connectivity index (χ2v) is 8.01. The number of hydrogen-bond acceptors (Lipinski definition) is 7. The lowest BCUT2D eigenvalue weighted by molar-refractivity contribution is -0.137. The lowest BCUT2D eigenvalue weighted by atomic mass is 10.1. The third-order valence-corrected chi connectivity index (χ3v) is 5.56. The van der Waals surface area contributed by atoms with E-state index in [1.165, 1.54) is 18.0 Å². The van der Waals surface area contributed by atoms with Crippen molar-refractivity contribution in [3.8, 4) is 0 Å². The Kier molecular flexibility index (Phi) is 6.69. The fraction of sp³-hybridized carbons (Fsp3) is 0.261. The third kappa shape index (κ3) is 5.20. The molecule has 0 aliphatic rings. The number of aromatic nitrogens is 6. The highest BCUT2D eigenvalue weighted by molar-refractivity contribution is 6.31. The summed E-state index contributed by atoms with van der Waals surface area (Å²) in [6, 6.07) is 8.19. The molecule has 0 fully saturated rings. The molecule has 1 aromatic carbocycles. The summed E-state index contributed by atoms with van der Waals surface area (Å²) in [6.45, 7) is 5.29. The van der Waals surface area contributed by atoms with Gasteiger partial charge in [0, 0.05) is 18.2 Å². The third-order valence-electron chi connectivity index (χ3n) is 5.17. The number of halogens is 1. The predicted molar refractivity (Wildman–Crippen MR) is 127 cm³/mol. The minimum absolute atomic E-state index is 0.253. The summed E-state index contributed by atoms with van der Waals surface area (Å²) in [5.74, 6) is -0.106. The molecule has 0 atom stereocenters. The quantitative estimate of drug-likeness (QED) is 0.240. The van der Waals surface area contributed by atoms with Crippen LogP contribution in [0, 0.1) is 13.8 Å². The molecule has 2 N–H and O–H groups in total. The van der Waals surface area contributed by atoms with Crippen molar-refractivity contribution < 1.29 is 9.53 Å². The van der Waals surface area contributed by atoms with Crippen LogP contribution in [0.15, 0.2) is 43.0 Å². The second-order valence-electron chi connectivity index (χ2n) is 7.66. The topological polar surface area (TPSA) is 114 Å². The van der Waals surface area contributed by atoms with Crippen LogP contribution in [-0.4, -0.2) is 41.9 Å². The molecule has 3 heterocycles. The molecule has 0 spiro atoms. The van der Waals surface area contributed by atoms with Crippen molar-refractivity contribution in [2.24, 2.45) is 0 Å². The number of ether oxygens (including phenoxy) is 1. The molecule has 0 aliphatic carbocycles. The van der Waals surface area contributed by atoms with Crippen LogP contribution in [0.5, 0.6) is 0 Å². The van der Waals surface area contributed by atoms with Crippen molar-refractivity contribution in [1.82, 2.24) is 29.3 Å². The molecule has 170 valence electrons. The van der Waals surface area contributed by atoms with E-state index in [0.717, 1.165) is 11.3 Å². The molecule has 0 bridgehead atoms. The Morgan fingerprint density at radius 2 is 1.97 bits per heavy atom. The fourth-order valence-electron chi connectivity index (χ4n) is 3.40. The van der Waals surface area contributed by atoms with Gasteiger partial charge in [-0.3, -0.25) is 0 Å². The number of esters is 1. The van der Waals surface area contributed by atoms with Crippen LogP contribution in [0.1, 0.15) is 28.8 Å². The number of anilines is 1. The first-order chi connectivity index (χ1) is 15.9. The zero-order valence-electron chi connectivity index (χ0n) is 18.4. The highest BCUT2D eigenvalue weighted by Gasteiger charge is 2.12. The van der Waals surface area contributed by atoms with E-state index in [1.54, 1.807) is 17.1 Å². The van der Waals surface area contributed by atoms with E-state index in [0.29, 0.717) is 47.2 Å². The van der Waals surface area contributed by atoms with Gasteiger partial charge in [0.25, 0.3) is 0 Å². The maximum atomic E-state index is 12.2. The Hall–Kier alpha value is -3.72. The van der Waals surface area contributed by atoms with Crippen molar-refractivity contribution in [1.29, 1.82) is 0 Å². The van der Waals surface area contributed by atoms with Gasteiger partial charge in [-0.2, -0.15) is 5.10 Å². The number of nitrogens with two attached hydrogens (primary N) is 1. The number of imidazole rings is 1. The Morgan fingerprint density at radius 3 is 2.76 bits per heavy atom. The van der Waals surface area contributed by atoms with Gasteiger partial charge >= 0.3 is 5.97 Å². The van der Waals surface area contributed by atoms with E-state index < -0.39 is 5.97 Å². The number of rotatable bonds is 8. The second kappa shape index (κ2) is 9.83. The van der Waals surface area contributed by atoms with Crippen LogP contribution >= 0.6 is 11.6 Å². The number of benzene rings is 1. The number of aryl methyl sites for hydroxylation is 3. The zero-order chi connectivity index (χ0) is 23.4. The Bertz CT molecular complexity index is 1310. The van der Waals surface area contributed by atoms with Crippen LogP contribution in [0.25, 0.3) is 17.2 Å². The van der Waals surface area contributed by atoms with Gasteiger partial charge in [-0.15, -0.1) is 0 Å². The molecular formula is C23H24ClN7O2. The first kappa shape index (κ1) is 22.5. The smallest absolute Gasteiger partial charge is 0.330 e. The molecule has 0 aliphatic heterocycles. The van der Waals surface area contributed by atoms with Crippen LogP contribution in [0.2, 0.25) is 5.15 Å². The normalized spacial score (nSPS) is 11.5. The van der Waals surface area contributed by atoms with Gasteiger partial charge in [-0.05, 0) is 31.9 Å². The summed E-state index contributed by atoms with van der Waals surface area (Å²) < 4.78 is 8.87. The standard InChI is InChI=1S/C23H24ClN7O2/c1-15-4-6-17(7-5-15)12-31-21(24)18(16(2)29-31)8-9-19(32)33-11-3-10-30-14-28-20-22(25)26-13-27-23(20)30/h4-9,13-14H,3,10-12H2,1-2H3,(H2,25,26,27)/b9-8+. The number of carbonyl (C=O) groups is 1. The Labute approximate surface area is 195 Å². The molecule has 9 nitrogen and oxygen atoms in total. The van der Waals surface area contributed by atoms with Crippen molar-refractivity contribution in [2.45, 2.75) is 33.4 Å². The fourth-order valence-corrected chi connectivity index (χ4v) is 3.69. The number of nitrogens with zero attached hydrogens (tertiary/aromatic N) is 6. The van der Waals surface area contributed by atoms with Crippen LogP contribution < -0.4 is 5.73 Å². The van der Waals surface area contributed by atoms with Gasteiger partial charge in [0.2, 0.25) is 0 Å². The molecule has 0 unspecified atom stereocenters. The van der Waals surface area contributed by atoms with E-state index in [9.17, 15) is 4.79 Å². The maximum absolute atomic E-state index is 12.2. The lowest BCUT2D eigenvalue weighted by Crippen LogP contribution is -2.06. The molecule has 0 saturated carbocycles. The molecular weight excluding hydrogens is 442 g/mol. The van der Waals surface area contributed by atoms with Gasteiger partial charge in [-0.1, -0.05) is 41.4 Å². The monoisotopic (exact) mass is 465 g/mol. The number of nitrogen functional groups attached to an aromatic ring is 1. The summed E-state index contributed by atoms with van der Waals surface area (Å²) in [7, 11) is 0. The first-order valence-electron chi connectivity index (χ1n) is 10.5. The van der Waals surface area contributed by atoms with Crippen molar-refractivity contribution >= 4 is 40.6 Å². The molecule has 10 heteroatoms. The Morgan fingerprint density at radius 1 is 1.18 bits per heavy atom. The van der Waals surface area contributed by atoms with E-state index in [1.807, 2.05) is 30.5 Å². The minimum Gasteiger partial charge on any atom is -0.462 e.